The molecule has 0 rings (SSSR count). The van der Waals surface area contributed by atoms with Crippen molar-refractivity contribution in [2.24, 2.45) is 0 Å². The molecule has 0 spiro atoms. The zero-order chi connectivity index (χ0) is 29.3. The summed E-state index contributed by atoms with van der Waals surface area (Å²) in [6.45, 7) is 4.28. The largest absolute Gasteiger partial charge is 0.466 e. The second kappa shape index (κ2) is 10.7. The predicted octanol–water partition coefficient (Wildman–Crippen LogP) is 4.07. The fourth-order valence-corrected chi connectivity index (χ4v) is 3.08. The number of ether oxygens (including phenoxy) is 2. The van der Waals surface area contributed by atoms with Gasteiger partial charge in [-0.05, 0) is 27.7 Å². The summed E-state index contributed by atoms with van der Waals surface area (Å²) in [7, 11) is -6.81. The fraction of sp³-hybridized carbons (Fsp3) is 0.765. The highest BCUT2D eigenvalue weighted by atomic mass is 32.2. The van der Waals surface area contributed by atoms with E-state index >= 15 is 0 Å². The molecule has 0 saturated heterocycles. The Balaban J connectivity index is 6.69. The number of alkyl halides is 10. The maximum absolute atomic E-state index is 14.0. The van der Waals surface area contributed by atoms with Gasteiger partial charge >= 0.3 is 51.3 Å². The van der Waals surface area contributed by atoms with Crippen LogP contribution in [0.1, 0.15) is 34.1 Å². The van der Waals surface area contributed by atoms with Crippen molar-refractivity contribution in [3.8, 4) is 0 Å². The van der Waals surface area contributed by atoms with Crippen molar-refractivity contribution in [3.05, 3.63) is 12.2 Å². The first-order chi connectivity index (χ1) is 15.7. The molecule has 36 heavy (non-hydrogen) atoms. The van der Waals surface area contributed by atoms with Gasteiger partial charge in [0.15, 0.2) is 0 Å². The number of amides is 1. The van der Waals surface area contributed by atoms with Crippen LogP contribution in [0.2, 0.25) is 0 Å². The van der Waals surface area contributed by atoms with E-state index in [2.05, 4.69) is 16.1 Å². The van der Waals surface area contributed by atoms with E-state index in [1.165, 1.54) is 0 Å². The minimum Gasteiger partial charge on any atom is -0.412 e. The molecule has 0 aromatic rings. The molecule has 0 heterocycles. The third-order valence-electron chi connectivity index (χ3n) is 4.30. The number of rotatable bonds is 11. The summed E-state index contributed by atoms with van der Waals surface area (Å²) in [5.41, 5.74) is -2.57. The Bertz CT molecular complexity index is 936. The van der Waals surface area contributed by atoms with Gasteiger partial charge in [0.2, 0.25) is 0 Å². The molecule has 0 aromatic heterocycles. The second-order valence-corrected chi connectivity index (χ2v) is 9.14. The fourth-order valence-electron chi connectivity index (χ4n) is 2.60. The van der Waals surface area contributed by atoms with E-state index in [0.29, 0.717) is 0 Å². The zero-order valence-corrected chi connectivity index (χ0v) is 19.6. The lowest BCUT2D eigenvalue weighted by atomic mass is 10.1. The van der Waals surface area contributed by atoms with Gasteiger partial charge in [-0.1, -0.05) is 6.58 Å². The van der Waals surface area contributed by atoms with Gasteiger partial charge in [0.1, 0.15) is 5.57 Å². The molecule has 0 radical (unpaired) electrons. The summed E-state index contributed by atoms with van der Waals surface area (Å²) in [4.78, 5) is 24.9. The third kappa shape index (κ3) is 6.99. The maximum Gasteiger partial charge on any atom is 0.466 e. The monoisotopic (exact) mass is 573 g/mol. The Morgan fingerprint density at radius 2 is 1.33 bits per heavy atom. The SMILES string of the molecule is C=C(C(=O)OC(OCCC(F)(F)C(F)(F)S(=O)(=O)O)(C(=O)N(C(C)C)C(C)C)C(F)(F)F)C(F)(F)F. The quantitative estimate of drug-likeness (QED) is 0.131. The van der Waals surface area contributed by atoms with Crippen molar-refractivity contribution in [1.29, 1.82) is 0 Å². The Kier molecular flexibility index (Phi) is 10.0. The zero-order valence-electron chi connectivity index (χ0n) is 18.8. The van der Waals surface area contributed by atoms with E-state index in [0.717, 1.165) is 27.7 Å². The standard InChI is InChI=1S/C17H21F10NO7S/c1-8(2)28(9(3)4)12(30)14(16(23,24)25,35-11(29)10(5)15(20,21)22)34-7-6-13(18,19)17(26,27)36(31,32)33/h8-9H,5-7H2,1-4H3,(H,31,32,33). The van der Waals surface area contributed by atoms with Crippen LogP contribution in [0.4, 0.5) is 43.9 Å². The van der Waals surface area contributed by atoms with Gasteiger partial charge in [-0.3, -0.25) is 9.35 Å². The number of carbonyl (C=O) groups is 2. The topological polar surface area (TPSA) is 110 Å². The molecule has 8 nitrogen and oxygen atoms in total. The summed E-state index contributed by atoms with van der Waals surface area (Å²) in [6, 6.07) is -2.39. The van der Waals surface area contributed by atoms with Crippen molar-refractivity contribution < 1.29 is 75.9 Å². The number of esters is 1. The van der Waals surface area contributed by atoms with E-state index in [-0.39, 0.29) is 4.90 Å². The molecular weight excluding hydrogens is 552 g/mol. The summed E-state index contributed by atoms with van der Waals surface area (Å²) in [5.74, 6) is -16.3. The average Bonchev–Trinajstić information content (AvgIpc) is 2.62. The first kappa shape index (κ1) is 33.8. The molecule has 0 aromatic carbocycles. The van der Waals surface area contributed by atoms with Crippen LogP contribution in [0.15, 0.2) is 12.2 Å². The molecule has 0 bridgehead atoms. The number of nitrogens with zero attached hydrogens (tertiary/aromatic N) is 1. The predicted molar refractivity (Wildman–Crippen MR) is 99.2 cm³/mol. The molecule has 0 aliphatic carbocycles. The Morgan fingerprint density at radius 3 is 1.64 bits per heavy atom. The Labute approximate surface area is 197 Å². The van der Waals surface area contributed by atoms with Gasteiger partial charge in [-0.15, -0.1) is 0 Å². The van der Waals surface area contributed by atoms with E-state index < -0.39 is 82.0 Å². The van der Waals surface area contributed by atoms with Gasteiger partial charge in [-0.2, -0.15) is 52.3 Å². The minimum atomic E-state index is -6.81. The molecule has 1 unspecified atom stereocenters. The third-order valence-corrected chi connectivity index (χ3v) is 5.24. The normalized spacial score (nSPS) is 15.6. The molecule has 0 saturated carbocycles. The summed E-state index contributed by atoms with van der Waals surface area (Å²) in [5, 5.41) is -6.25. The van der Waals surface area contributed by atoms with Crippen LogP contribution in [-0.2, 0) is 29.2 Å². The van der Waals surface area contributed by atoms with Crippen molar-refractivity contribution in [2.75, 3.05) is 6.61 Å². The van der Waals surface area contributed by atoms with E-state index in [1.807, 2.05) is 0 Å². The lowest BCUT2D eigenvalue weighted by molar-refractivity contribution is -0.354. The van der Waals surface area contributed by atoms with Gasteiger partial charge in [0.05, 0.1) is 6.61 Å². The molecular formula is C17H21F10NO7S. The number of carbonyl (C=O) groups excluding carboxylic acids is 2. The van der Waals surface area contributed by atoms with Crippen molar-refractivity contribution >= 4 is 22.0 Å². The summed E-state index contributed by atoms with van der Waals surface area (Å²) < 4.78 is 172. The van der Waals surface area contributed by atoms with Crippen LogP contribution in [0.25, 0.3) is 0 Å². The molecule has 0 aliphatic heterocycles. The van der Waals surface area contributed by atoms with Crippen LogP contribution in [0.5, 0.6) is 0 Å². The van der Waals surface area contributed by atoms with Crippen molar-refractivity contribution in [1.82, 2.24) is 4.90 Å². The van der Waals surface area contributed by atoms with Gasteiger partial charge in [0, 0.05) is 18.5 Å². The summed E-state index contributed by atoms with van der Waals surface area (Å²) >= 11 is 0. The summed E-state index contributed by atoms with van der Waals surface area (Å²) in [6.07, 6.45) is -14.6. The maximum atomic E-state index is 14.0. The number of halogens is 10. The molecule has 0 aliphatic rings. The Morgan fingerprint density at radius 1 is 0.917 bits per heavy atom. The van der Waals surface area contributed by atoms with Crippen LogP contribution in [0.3, 0.4) is 0 Å². The van der Waals surface area contributed by atoms with E-state index in [4.69, 9.17) is 4.55 Å². The van der Waals surface area contributed by atoms with Gasteiger partial charge < -0.3 is 14.4 Å². The van der Waals surface area contributed by atoms with E-state index in [9.17, 15) is 61.9 Å². The highest BCUT2D eigenvalue weighted by Gasteiger charge is 2.70. The molecule has 1 atom stereocenters. The number of hydrogen-bond donors (Lipinski definition) is 1. The highest BCUT2D eigenvalue weighted by molar-refractivity contribution is 7.87. The van der Waals surface area contributed by atoms with Gasteiger partial charge in [0.25, 0.3) is 0 Å². The Hall–Kier alpha value is -2.15. The smallest absolute Gasteiger partial charge is 0.412 e. The first-order valence-corrected chi connectivity index (χ1v) is 10.9. The lowest BCUT2D eigenvalue weighted by Gasteiger charge is -2.40. The molecule has 1 N–H and O–H groups in total. The van der Waals surface area contributed by atoms with Crippen LogP contribution in [0, 0.1) is 0 Å². The molecule has 19 heteroatoms. The van der Waals surface area contributed by atoms with Crippen molar-refractivity contribution in [3.63, 3.8) is 0 Å². The van der Waals surface area contributed by atoms with Gasteiger partial charge in [-0.25, -0.2) is 4.79 Å². The average molecular weight is 573 g/mol. The molecule has 1 amide bonds. The minimum absolute atomic E-state index is 0.280. The van der Waals surface area contributed by atoms with Crippen molar-refractivity contribution in [2.45, 2.75) is 75.5 Å². The molecule has 0 fully saturated rings. The van der Waals surface area contributed by atoms with Crippen LogP contribution in [-0.4, -0.2) is 77.8 Å². The van der Waals surface area contributed by atoms with Crippen LogP contribution >= 0.6 is 0 Å². The second-order valence-electron chi connectivity index (χ2n) is 7.67. The lowest BCUT2D eigenvalue weighted by Crippen LogP contribution is -2.65. The van der Waals surface area contributed by atoms with E-state index in [1.54, 1.807) is 0 Å². The highest BCUT2D eigenvalue weighted by Crippen LogP contribution is 2.43. The molecule has 212 valence electrons. The number of hydrogen-bond acceptors (Lipinski definition) is 6. The first-order valence-electron chi connectivity index (χ1n) is 9.43. The van der Waals surface area contributed by atoms with Crippen LogP contribution < -0.4 is 0 Å².